The molecule has 0 unspecified atom stereocenters. The van der Waals surface area contributed by atoms with Gasteiger partial charge in [0, 0.05) is 14.1 Å². The summed E-state index contributed by atoms with van der Waals surface area (Å²) in [4.78, 5) is 13.6. The molecule has 0 saturated carbocycles. The summed E-state index contributed by atoms with van der Waals surface area (Å²) in [6.45, 7) is 0. The topological polar surface area (TPSA) is 41.4 Å². The molecule has 0 amide bonds. The summed E-state index contributed by atoms with van der Waals surface area (Å²) >= 11 is 5.54. The molecular formula is C7H9ClN4. The van der Waals surface area contributed by atoms with Crippen LogP contribution >= 0.6 is 11.6 Å². The van der Waals surface area contributed by atoms with Crippen LogP contribution in [0.25, 0.3) is 0 Å². The van der Waals surface area contributed by atoms with Gasteiger partial charge in [0.15, 0.2) is 5.82 Å². The maximum absolute atomic E-state index is 5.54. The predicted octanol–water partition coefficient (Wildman–Crippen LogP) is 1.35. The normalized spacial score (nSPS) is 10.6. The first-order valence-corrected chi connectivity index (χ1v) is 3.74. The second kappa shape index (κ2) is 4.01. The average Bonchev–Trinajstić information content (AvgIpc) is 2.03. The van der Waals surface area contributed by atoms with Crippen LogP contribution in [-0.2, 0) is 0 Å². The Morgan fingerprint density at radius 2 is 2.17 bits per heavy atom. The van der Waals surface area contributed by atoms with Gasteiger partial charge in [-0.3, -0.25) is 0 Å². The van der Waals surface area contributed by atoms with Crippen LogP contribution in [0.2, 0.25) is 5.15 Å². The van der Waals surface area contributed by atoms with Gasteiger partial charge in [-0.25, -0.2) is 15.0 Å². The molecule has 0 radical (unpaired) electrons. The van der Waals surface area contributed by atoms with E-state index in [4.69, 9.17) is 11.6 Å². The molecule has 0 fully saturated rings. The van der Waals surface area contributed by atoms with E-state index in [1.807, 2.05) is 19.0 Å². The highest BCUT2D eigenvalue weighted by Gasteiger charge is 1.90. The highest BCUT2D eigenvalue weighted by molar-refractivity contribution is 6.29. The number of aliphatic imine (C=N–C) groups is 1. The van der Waals surface area contributed by atoms with Crippen LogP contribution in [0.1, 0.15) is 0 Å². The number of halogens is 1. The van der Waals surface area contributed by atoms with E-state index in [1.54, 1.807) is 6.34 Å². The van der Waals surface area contributed by atoms with E-state index >= 15 is 0 Å². The number of hydrogen-bond acceptors (Lipinski definition) is 3. The number of nitrogens with zero attached hydrogens (tertiary/aromatic N) is 4. The molecule has 0 spiro atoms. The van der Waals surface area contributed by atoms with Crippen LogP contribution in [0.15, 0.2) is 17.4 Å². The van der Waals surface area contributed by atoms with Crippen molar-refractivity contribution < 1.29 is 0 Å². The molecule has 0 atom stereocenters. The molecule has 64 valence electrons. The van der Waals surface area contributed by atoms with Crippen molar-refractivity contribution in [2.45, 2.75) is 0 Å². The average molecular weight is 185 g/mol. The third-order valence-corrected chi connectivity index (χ3v) is 1.22. The lowest BCUT2D eigenvalue weighted by molar-refractivity contribution is 0.643. The molecule has 0 aromatic carbocycles. The van der Waals surface area contributed by atoms with Crippen LogP contribution in [0.4, 0.5) is 5.82 Å². The van der Waals surface area contributed by atoms with E-state index in [0.29, 0.717) is 11.0 Å². The highest BCUT2D eigenvalue weighted by atomic mass is 35.5. The van der Waals surface area contributed by atoms with E-state index in [-0.39, 0.29) is 0 Å². The molecule has 0 aliphatic heterocycles. The first-order valence-electron chi connectivity index (χ1n) is 3.36. The van der Waals surface area contributed by atoms with Gasteiger partial charge in [0.25, 0.3) is 0 Å². The van der Waals surface area contributed by atoms with Gasteiger partial charge in [-0.15, -0.1) is 0 Å². The largest absolute Gasteiger partial charge is 0.369 e. The van der Waals surface area contributed by atoms with Crippen LogP contribution in [0, 0.1) is 0 Å². The lowest BCUT2D eigenvalue weighted by Crippen LogP contribution is -2.07. The van der Waals surface area contributed by atoms with E-state index < -0.39 is 0 Å². The van der Waals surface area contributed by atoms with Gasteiger partial charge < -0.3 is 4.90 Å². The molecule has 0 N–H and O–H groups in total. The molecule has 1 aromatic heterocycles. The van der Waals surface area contributed by atoms with Crippen molar-refractivity contribution in [3.63, 3.8) is 0 Å². The molecule has 12 heavy (non-hydrogen) atoms. The zero-order valence-electron chi connectivity index (χ0n) is 6.90. The Kier molecular flexibility index (Phi) is 2.99. The predicted molar refractivity (Wildman–Crippen MR) is 48.9 cm³/mol. The van der Waals surface area contributed by atoms with Gasteiger partial charge in [0.05, 0.1) is 18.7 Å². The Morgan fingerprint density at radius 3 is 2.67 bits per heavy atom. The second-order valence-electron chi connectivity index (χ2n) is 2.41. The molecule has 1 rings (SSSR count). The first-order chi connectivity index (χ1) is 5.68. The van der Waals surface area contributed by atoms with Crippen molar-refractivity contribution in [3.8, 4) is 0 Å². The van der Waals surface area contributed by atoms with E-state index in [2.05, 4.69) is 15.0 Å². The fourth-order valence-electron chi connectivity index (χ4n) is 0.547. The zero-order chi connectivity index (χ0) is 8.97. The minimum absolute atomic E-state index is 0.374. The smallest absolute Gasteiger partial charge is 0.172 e. The monoisotopic (exact) mass is 184 g/mol. The minimum atomic E-state index is 0.374. The summed E-state index contributed by atoms with van der Waals surface area (Å²) in [6.07, 6.45) is 4.63. The summed E-state index contributed by atoms with van der Waals surface area (Å²) in [5.41, 5.74) is 0. The maximum Gasteiger partial charge on any atom is 0.172 e. The Bertz CT molecular complexity index is 267. The fraction of sp³-hybridized carbons (Fsp3) is 0.286. The van der Waals surface area contributed by atoms with Gasteiger partial charge in [-0.05, 0) is 0 Å². The first kappa shape index (κ1) is 8.93. The Hall–Kier alpha value is -1.16. The summed E-state index contributed by atoms with van der Waals surface area (Å²) in [5, 5.41) is 0.374. The molecule has 1 aromatic rings. The van der Waals surface area contributed by atoms with Gasteiger partial charge in [0.2, 0.25) is 0 Å². The number of aromatic nitrogens is 2. The van der Waals surface area contributed by atoms with Gasteiger partial charge in [-0.2, -0.15) is 0 Å². The Morgan fingerprint density at radius 1 is 1.42 bits per heavy atom. The molecule has 0 aliphatic rings. The van der Waals surface area contributed by atoms with Crippen molar-refractivity contribution in [2.24, 2.45) is 4.99 Å². The summed E-state index contributed by atoms with van der Waals surface area (Å²) < 4.78 is 0. The third-order valence-electron chi connectivity index (χ3n) is 1.03. The molecule has 0 aliphatic carbocycles. The maximum atomic E-state index is 5.54. The third kappa shape index (κ3) is 2.84. The standard InChI is InChI=1S/C7H9ClN4/c1-12(2)5-11-7-4-9-6(8)3-10-7/h3-5H,1-2H3/b11-5+. The number of hydrogen-bond donors (Lipinski definition) is 0. The lowest BCUT2D eigenvalue weighted by Gasteiger charge is -2.00. The Labute approximate surface area is 75.9 Å². The minimum Gasteiger partial charge on any atom is -0.369 e. The SMILES string of the molecule is CN(C)/C=N/c1cnc(Cl)cn1. The van der Waals surface area contributed by atoms with E-state index in [9.17, 15) is 0 Å². The summed E-state index contributed by atoms with van der Waals surface area (Å²) in [5.74, 6) is 0.549. The molecule has 1 heterocycles. The van der Waals surface area contributed by atoms with Gasteiger partial charge in [0.1, 0.15) is 5.15 Å². The van der Waals surface area contributed by atoms with Crippen molar-refractivity contribution in [1.29, 1.82) is 0 Å². The van der Waals surface area contributed by atoms with Crippen LogP contribution in [0.3, 0.4) is 0 Å². The summed E-state index contributed by atoms with van der Waals surface area (Å²) in [7, 11) is 3.76. The molecule has 5 heteroatoms. The van der Waals surface area contributed by atoms with Crippen molar-refractivity contribution >= 4 is 23.8 Å². The lowest BCUT2D eigenvalue weighted by atomic mass is 10.7. The zero-order valence-corrected chi connectivity index (χ0v) is 7.65. The molecule has 0 saturated heterocycles. The molecular weight excluding hydrogens is 176 g/mol. The van der Waals surface area contributed by atoms with Crippen molar-refractivity contribution in [1.82, 2.24) is 14.9 Å². The molecule has 4 nitrogen and oxygen atoms in total. The van der Waals surface area contributed by atoms with Crippen LogP contribution in [0.5, 0.6) is 0 Å². The Balaban J connectivity index is 2.71. The van der Waals surface area contributed by atoms with E-state index in [1.165, 1.54) is 12.4 Å². The number of rotatable bonds is 2. The van der Waals surface area contributed by atoms with Crippen molar-refractivity contribution in [2.75, 3.05) is 14.1 Å². The highest BCUT2D eigenvalue weighted by Crippen LogP contribution is 2.07. The quantitative estimate of drug-likeness (QED) is 0.515. The molecule has 0 bridgehead atoms. The van der Waals surface area contributed by atoms with Crippen molar-refractivity contribution in [3.05, 3.63) is 17.5 Å². The van der Waals surface area contributed by atoms with Gasteiger partial charge >= 0.3 is 0 Å². The van der Waals surface area contributed by atoms with Crippen LogP contribution < -0.4 is 0 Å². The summed E-state index contributed by atoms with van der Waals surface area (Å²) in [6, 6.07) is 0. The van der Waals surface area contributed by atoms with Crippen LogP contribution in [-0.4, -0.2) is 35.3 Å². The van der Waals surface area contributed by atoms with E-state index in [0.717, 1.165) is 0 Å². The second-order valence-corrected chi connectivity index (χ2v) is 2.79. The van der Waals surface area contributed by atoms with Gasteiger partial charge in [-0.1, -0.05) is 11.6 Å². The fourth-order valence-corrected chi connectivity index (χ4v) is 0.644.